The molecule has 0 saturated carbocycles. The van der Waals surface area contributed by atoms with E-state index in [4.69, 9.17) is 0 Å². The fourth-order valence-corrected chi connectivity index (χ4v) is 6.01. The summed E-state index contributed by atoms with van der Waals surface area (Å²) in [6.45, 7) is 2.29. The van der Waals surface area contributed by atoms with E-state index >= 15 is 0 Å². The minimum absolute atomic E-state index is 0.942. The second kappa shape index (κ2) is 15.9. The van der Waals surface area contributed by atoms with Crippen LogP contribution in [0, 0.1) is 0 Å². The van der Waals surface area contributed by atoms with Crippen molar-refractivity contribution in [1.82, 2.24) is 0 Å². The molecule has 0 unspecified atom stereocenters. The molecule has 4 heteroatoms. The molecule has 0 aliphatic rings. The van der Waals surface area contributed by atoms with Gasteiger partial charge in [-0.25, -0.2) is 0 Å². The third-order valence-corrected chi connectivity index (χ3v) is 7.72. The summed E-state index contributed by atoms with van der Waals surface area (Å²) in [6, 6.07) is 4.75. The number of alkyl halides is 2. The number of hydrogen-bond donors (Lipinski definition) is 0. The van der Waals surface area contributed by atoms with Gasteiger partial charge in [-0.15, -0.1) is 23.5 Å². The predicted octanol–water partition coefficient (Wildman–Crippen LogP) is 9.21. The third-order valence-electron chi connectivity index (χ3n) is 4.51. The van der Waals surface area contributed by atoms with Crippen LogP contribution < -0.4 is 0 Å². The van der Waals surface area contributed by atoms with Crippen LogP contribution in [0.25, 0.3) is 0 Å². The molecule has 0 bridgehead atoms. The van der Waals surface area contributed by atoms with Gasteiger partial charge in [0, 0.05) is 20.5 Å². The van der Waals surface area contributed by atoms with Gasteiger partial charge in [-0.05, 0) is 41.7 Å². The molecule has 144 valence electrons. The Kier molecular flexibility index (Phi) is 15.2. The van der Waals surface area contributed by atoms with Crippen LogP contribution in [0.1, 0.15) is 82.3 Å². The van der Waals surface area contributed by atoms with Crippen LogP contribution in [0.5, 0.6) is 0 Å². The number of thioether (sulfide) groups is 2. The third kappa shape index (κ3) is 10.1. The van der Waals surface area contributed by atoms with Crippen LogP contribution in [0.2, 0.25) is 0 Å². The van der Waals surface area contributed by atoms with E-state index in [0.717, 1.165) is 10.7 Å². The minimum Gasteiger partial charge on any atom is -0.129 e. The lowest BCUT2D eigenvalue weighted by molar-refractivity contribution is 0.563. The molecule has 0 heterocycles. The molecule has 0 saturated heterocycles. The average Bonchev–Trinajstić information content (AvgIpc) is 2.65. The molecule has 0 amide bonds. The van der Waals surface area contributed by atoms with Crippen molar-refractivity contribution in [2.45, 2.75) is 91.6 Å². The molecule has 1 aromatic carbocycles. The normalized spacial score (nSPS) is 11.2. The molecule has 0 aliphatic heterocycles. The van der Waals surface area contributed by atoms with Gasteiger partial charge in [-0.2, -0.15) is 0 Å². The van der Waals surface area contributed by atoms with E-state index in [1.165, 1.54) is 90.9 Å². The Morgan fingerprint density at radius 1 is 0.720 bits per heavy atom. The molecule has 1 rings (SSSR count). The molecule has 0 aromatic heterocycles. The highest BCUT2D eigenvalue weighted by molar-refractivity contribution is 9.08. The molecule has 25 heavy (non-hydrogen) atoms. The molecular formula is C21H34Br2S2. The zero-order valence-corrected chi connectivity index (χ0v) is 20.7. The average molecular weight is 510 g/mol. The highest BCUT2D eigenvalue weighted by atomic mass is 79.9. The van der Waals surface area contributed by atoms with Crippen molar-refractivity contribution in [3.8, 4) is 0 Å². The van der Waals surface area contributed by atoms with E-state index in [1.54, 1.807) is 0 Å². The van der Waals surface area contributed by atoms with Crippen molar-refractivity contribution >= 4 is 55.4 Å². The Balaban J connectivity index is 2.21. The van der Waals surface area contributed by atoms with Gasteiger partial charge < -0.3 is 0 Å². The summed E-state index contributed by atoms with van der Waals surface area (Å²) < 4.78 is 0. The number of benzene rings is 1. The highest BCUT2D eigenvalue weighted by Gasteiger charge is 2.09. The van der Waals surface area contributed by atoms with E-state index in [2.05, 4.69) is 57.2 Å². The molecule has 0 aliphatic carbocycles. The fraction of sp³-hybridized carbons (Fsp3) is 0.714. The van der Waals surface area contributed by atoms with Crippen molar-refractivity contribution in [3.05, 3.63) is 23.3 Å². The van der Waals surface area contributed by atoms with Crippen molar-refractivity contribution in [2.24, 2.45) is 0 Å². The number of unbranched alkanes of at least 4 members (excludes halogenated alkanes) is 9. The van der Waals surface area contributed by atoms with Gasteiger partial charge in [0.25, 0.3) is 0 Å². The SMILES string of the molecule is CCCCCCCCCCCCSc1cc(CBr)c(SC)cc1CBr. The highest BCUT2D eigenvalue weighted by Crippen LogP contribution is 2.33. The van der Waals surface area contributed by atoms with Crippen molar-refractivity contribution in [1.29, 1.82) is 0 Å². The molecule has 0 radical (unpaired) electrons. The quantitative estimate of drug-likeness (QED) is 0.131. The second-order valence-corrected chi connectivity index (χ2v) is 9.68. The van der Waals surface area contributed by atoms with Gasteiger partial charge in [-0.1, -0.05) is 96.6 Å². The molecular weight excluding hydrogens is 476 g/mol. The summed E-state index contributed by atoms with van der Waals surface area (Å²) in [5.74, 6) is 1.25. The van der Waals surface area contributed by atoms with Crippen molar-refractivity contribution in [2.75, 3.05) is 12.0 Å². The minimum atomic E-state index is 0.942. The van der Waals surface area contributed by atoms with Gasteiger partial charge in [0.1, 0.15) is 0 Å². The summed E-state index contributed by atoms with van der Waals surface area (Å²) >= 11 is 11.2. The molecule has 0 fully saturated rings. The van der Waals surface area contributed by atoms with Crippen LogP contribution in [-0.2, 0) is 10.7 Å². The van der Waals surface area contributed by atoms with E-state index in [9.17, 15) is 0 Å². The van der Waals surface area contributed by atoms with E-state index in [1.807, 2.05) is 23.5 Å². The largest absolute Gasteiger partial charge is 0.129 e. The number of halogens is 2. The first-order chi connectivity index (χ1) is 12.3. The van der Waals surface area contributed by atoms with Gasteiger partial charge in [0.2, 0.25) is 0 Å². The second-order valence-electron chi connectivity index (χ2n) is 6.57. The Labute approximate surface area is 181 Å². The lowest BCUT2D eigenvalue weighted by Crippen LogP contribution is -1.92. The topological polar surface area (TPSA) is 0 Å². The lowest BCUT2D eigenvalue weighted by Gasteiger charge is -2.13. The Morgan fingerprint density at radius 3 is 1.72 bits per heavy atom. The first kappa shape index (κ1) is 23.9. The van der Waals surface area contributed by atoms with Gasteiger partial charge in [0.05, 0.1) is 0 Å². The van der Waals surface area contributed by atoms with Crippen LogP contribution in [-0.4, -0.2) is 12.0 Å². The summed E-state index contributed by atoms with van der Waals surface area (Å²) in [7, 11) is 0. The summed E-state index contributed by atoms with van der Waals surface area (Å²) in [5.41, 5.74) is 2.86. The van der Waals surface area contributed by atoms with Crippen molar-refractivity contribution < 1.29 is 0 Å². The molecule has 0 N–H and O–H groups in total. The maximum atomic E-state index is 3.66. The first-order valence-electron chi connectivity index (χ1n) is 9.71. The fourth-order valence-electron chi connectivity index (χ4n) is 2.95. The van der Waals surface area contributed by atoms with Gasteiger partial charge in [-0.3, -0.25) is 0 Å². The maximum absolute atomic E-state index is 3.66. The van der Waals surface area contributed by atoms with E-state index < -0.39 is 0 Å². The summed E-state index contributed by atoms with van der Waals surface area (Å²) in [4.78, 5) is 2.86. The summed E-state index contributed by atoms with van der Waals surface area (Å²) in [5, 5.41) is 1.89. The zero-order chi connectivity index (χ0) is 18.3. The van der Waals surface area contributed by atoms with E-state index in [-0.39, 0.29) is 0 Å². The molecule has 0 spiro atoms. The smallest absolute Gasteiger partial charge is 0.0294 e. The Hall–Kier alpha value is 0.880. The predicted molar refractivity (Wildman–Crippen MR) is 126 cm³/mol. The Morgan fingerprint density at radius 2 is 1.20 bits per heavy atom. The van der Waals surface area contributed by atoms with Crippen LogP contribution in [0.4, 0.5) is 0 Å². The zero-order valence-electron chi connectivity index (χ0n) is 15.9. The van der Waals surface area contributed by atoms with Crippen LogP contribution in [0.15, 0.2) is 21.9 Å². The Bertz CT molecular complexity index is 463. The number of rotatable bonds is 15. The van der Waals surface area contributed by atoms with Crippen LogP contribution in [0.3, 0.4) is 0 Å². The van der Waals surface area contributed by atoms with Gasteiger partial charge in [0.15, 0.2) is 0 Å². The molecule has 0 nitrogen and oxygen atoms in total. The monoisotopic (exact) mass is 508 g/mol. The first-order valence-corrected chi connectivity index (χ1v) is 14.2. The molecule has 0 atom stereocenters. The van der Waals surface area contributed by atoms with E-state index in [0.29, 0.717) is 0 Å². The van der Waals surface area contributed by atoms with Crippen LogP contribution >= 0.6 is 55.4 Å². The lowest BCUT2D eigenvalue weighted by atomic mass is 10.1. The maximum Gasteiger partial charge on any atom is 0.0294 e. The van der Waals surface area contributed by atoms with Gasteiger partial charge >= 0.3 is 0 Å². The number of hydrogen-bond acceptors (Lipinski definition) is 2. The molecule has 1 aromatic rings. The summed E-state index contributed by atoms with van der Waals surface area (Å²) in [6.07, 6.45) is 16.3. The standard InChI is InChI=1S/C21H34Br2S2/c1-3-4-5-6-7-8-9-10-11-12-13-25-21-15-18(16-22)20(24-2)14-19(21)17-23/h14-15H,3-13,16-17H2,1-2H3. The van der Waals surface area contributed by atoms with Crippen molar-refractivity contribution in [3.63, 3.8) is 0 Å².